The van der Waals surface area contributed by atoms with E-state index in [1.807, 2.05) is 0 Å². The summed E-state index contributed by atoms with van der Waals surface area (Å²) in [5, 5.41) is 12.1. The topological polar surface area (TPSA) is 83.5 Å². The molecule has 2 aromatic rings. The predicted molar refractivity (Wildman–Crippen MR) is 74.9 cm³/mol. The number of fused-ring (bicyclic) bond motifs is 2. The van der Waals surface area contributed by atoms with Crippen LogP contribution in [0.4, 0.5) is 0 Å². The normalized spacial score (nSPS) is 14.0. The van der Waals surface area contributed by atoms with Crippen LogP contribution in [0.5, 0.6) is 0 Å². The van der Waals surface area contributed by atoms with E-state index in [-0.39, 0.29) is 41.1 Å². The number of carbonyl (C=O) groups is 3. The van der Waals surface area contributed by atoms with Gasteiger partial charge in [-0.25, -0.2) is 0 Å². The number of carboxylic acids is 1. The molecule has 1 atom stereocenters. The molecule has 0 fully saturated rings. The number of hydrogen-bond acceptors (Lipinski definition) is 7. The van der Waals surface area contributed by atoms with Gasteiger partial charge in [0, 0.05) is 16.0 Å². The SMILES string of the molecule is CC(OCC(=O)[O-])c1cc2c(s1)C(=O)c1sccc1C2=O.[Na+]. The Labute approximate surface area is 156 Å². The van der Waals surface area contributed by atoms with Crippen molar-refractivity contribution in [2.75, 3.05) is 6.61 Å². The van der Waals surface area contributed by atoms with Crippen LogP contribution < -0.4 is 34.7 Å². The Balaban J connectivity index is 0.00000176. The number of ketones is 2. The van der Waals surface area contributed by atoms with E-state index in [4.69, 9.17) is 4.74 Å². The first-order chi connectivity index (χ1) is 9.99. The van der Waals surface area contributed by atoms with E-state index in [2.05, 4.69) is 0 Å². The Morgan fingerprint density at radius 2 is 2.00 bits per heavy atom. The summed E-state index contributed by atoms with van der Waals surface area (Å²) >= 11 is 2.42. The molecular formula is C14H9NaO5S2. The fraction of sp³-hybridized carbons (Fsp3) is 0.214. The van der Waals surface area contributed by atoms with Gasteiger partial charge < -0.3 is 14.6 Å². The van der Waals surface area contributed by atoms with Crippen molar-refractivity contribution in [3.05, 3.63) is 43.3 Å². The Bertz CT molecular complexity index is 713. The Kier molecular flexibility index (Phi) is 5.37. The summed E-state index contributed by atoms with van der Waals surface area (Å²) in [6, 6.07) is 3.26. The van der Waals surface area contributed by atoms with Crippen molar-refractivity contribution in [1.29, 1.82) is 0 Å². The van der Waals surface area contributed by atoms with Crippen LogP contribution in [0.15, 0.2) is 17.5 Å². The summed E-state index contributed by atoms with van der Waals surface area (Å²) in [6.45, 7) is 1.14. The number of carbonyl (C=O) groups excluding carboxylic acids is 3. The Morgan fingerprint density at radius 1 is 1.27 bits per heavy atom. The molecule has 8 heteroatoms. The van der Waals surface area contributed by atoms with Crippen LogP contribution in [0.25, 0.3) is 0 Å². The molecule has 0 aromatic carbocycles. The minimum Gasteiger partial charge on any atom is -0.548 e. The average Bonchev–Trinajstić information content (AvgIpc) is 3.08. The third kappa shape index (κ3) is 2.97. The number of aliphatic carboxylic acids is 1. The number of rotatable bonds is 4. The van der Waals surface area contributed by atoms with Crippen molar-refractivity contribution in [2.24, 2.45) is 0 Å². The van der Waals surface area contributed by atoms with Crippen molar-refractivity contribution in [2.45, 2.75) is 13.0 Å². The quantitative estimate of drug-likeness (QED) is 0.533. The molecule has 1 aliphatic carbocycles. The fourth-order valence-corrected chi connectivity index (χ4v) is 4.14. The molecule has 2 heterocycles. The van der Waals surface area contributed by atoms with E-state index in [0.29, 0.717) is 25.8 Å². The summed E-state index contributed by atoms with van der Waals surface area (Å²) in [4.78, 5) is 36.6. The molecule has 22 heavy (non-hydrogen) atoms. The van der Waals surface area contributed by atoms with Crippen LogP contribution in [0.1, 0.15) is 48.4 Å². The number of carboxylic acid groups (broad SMARTS) is 1. The summed E-state index contributed by atoms with van der Waals surface area (Å²) in [7, 11) is 0. The van der Waals surface area contributed by atoms with Crippen LogP contribution in [0.2, 0.25) is 0 Å². The molecule has 0 spiro atoms. The van der Waals surface area contributed by atoms with Crippen LogP contribution in [-0.4, -0.2) is 24.1 Å². The van der Waals surface area contributed by atoms with Gasteiger partial charge >= 0.3 is 29.6 Å². The van der Waals surface area contributed by atoms with Crippen LogP contribution in [-0.2, 0) is 9.53 Å². The third-order valence-corrected chi connectivity index (χ3v) is 5.38. The van der Waals surface area contributed by atoms with Gasteiger partial charge in [-0.2, -0.15) is 0 Å². The number of hydrogen-bond donors (Lipinski definition) is 0. The van der Waals surface area contributed by atoms with E-state index in [9.17, 15) is 19.5 Å². The van der Waals surface area contributed by atoms with Crippen molar-refractivity contribution in [3.8, 4) is 0 Å². The maximum Gasteiger partial charge on any atom is 1.00 e. The second kappa shape index (κ2) is 6.74. The van der Waals surface area contributed by atoms with Gasteiger partial charge in [0.05, 0.1) is 28.4 Å². The zero-order chi connectivity index (χ0) is 15.1. The first kappa shape index (κ1) is 17.5. The molecule has 0 N–H and O–H groups in total. The van der Waals surface area contributed by atoms with Crippen molar-refractivity contribution < 1.29 is 53.8 Å². The first-order valence-corrected chi connectivity index (χ1v) is 7.80. The smallest absolute Gasteiger partial charge is 0.548 e. The second-order valence-corrected chi connectivity index (χ2v) is 6.54. The van der Waals surface area contributed by atoms with E-state index in [1.54, 1.807) is 24.4 Å². The second-order valence-electron chi connectivity index (χ2n) is 4.54. The molecule has 108 valence electrons. The molecule has 2 aromatic heterocycles. The zero-order valence-electron chi connectivity index (χ0n) is 11.9. The molecule has 0 aliphatic heterocycles. The molecule has 0 saturated heterocycles. The van der Waals surface area contributed by atoms with Crippen LogP contribution in [0.3, 0.4) is 0 Å². The minimum absolute atomic E-state index is 0. The molecule has 3 rings (SSSR count). The van der Waals surface area contributed by atoms with Crippen LogP contribution >= 0.6 is 22.7 Å². The first-order valence-electron chi connectivity index (χ1n) is 6.11. The summed E-state index contributed by atoms with van der Waals surface area (Å²) in [5.41, 5.74) is 0.806. The maximum atomic E-state index is 12.3. The molecule has 0 amide bonds. The van der Waals surface area contributed by atoms with E-state index in [0.717, 1.165) is 0 Å². The monoisotopic (exact) mass is 344 g/mol. The summed E-state index contributed by atoms with van der Waals surface area (Å²) in [6.07, 6.45) is -0.517. The third-order valence-electron chi connectivity index (χ3n) is 3.17. The standard InChI is InChI=1S/C14H10O5S2.Na/c1-6(19-5-10(15)16)9-4-8-11(17)7-2-3-20-13(7)12(18)14(8)21-9;/h2-4,6H,5H2,1H3,(H,15,16);/q;+1/p-1. The van der Waals surface area contributed by atoms with Gasteiger partial charge in [-0.3, -0.25) is 9.59 Å². The Hall–Kier alpha value is -0.830. The average molecular weight is 344 g/mol. The van der Waals surface area contributed by atoms with E-state index in [1.165, 1.54) is 22.7 Å². The summed E-state index contributed by atoms with van der Waals surface area (Å²) < 4.78 is 5.12. The van der Waals surface area contributed by atoms with Gasteiger partial charge in [0.2, 0.25) is 5.78 Å². The van der Waals surface area contributed by atoms with Crippen molar-refractivity contribution >= 4 is 40.2 Å². The fourth-order valence-electron chi connectivity index (χ4n) is 2.14. The van der Waals surface area contributed by atoms with Gasteiger partial charge in [0.1, 0.15) is 0 Å². The minimum atomic E-state index is -1.31. The van der Waals surface area contributed by atoms with Crippen molar-refractivity contribution in [3.63, 3.8) is 0 Å². The predicted octanol–water partition coefficient (Wildman–Crippen LogP) is -1.58. The molecule has 0 radical (unpaired) electrons. The van der Waals surface area contributed by atoms with Gasteiger partial charge in [-0.1, -0.05) is 0 Å². The van der Waals surface area contributed by atoms with Gasteiger partial charge in [-0.15, -0.1) is 22.7 Å². The largest absolute Gasteiger partial charge is 1.00 e. The van der Waals surface area contributed by atoms with E-state index >= 15 is 0 Å². The zero-order valence-corrected chi connectivity index (χ0v) is 15.5. The molecule has 5 nitrogen and oxygen atoms in total. The molecule has 1 unspecified atom stereocenters. The molecule has 1 aliphatic rings. The Morgan fingerprint density at radius 3 is 2.68 bits per heavy atom. The van der Waals surface area contributed by atoms with E-state index < -0.39 is 18.7 Å². The van der Waals surface area contributed by atoms with Crippen LogP contribution in [0, 0.1) is 0 Å². The molecular weight excluding hydrogens is 335 g/mol. The number of thiophene rings is 2. The molecule has 0 saturated carbocycles. The molecule has 0 bridgehead atoms. The van der Waals surface area contributed by atoms with Gasteiger partial charge in [0.15, 0.2) is 5.78 Å². The van der Waals surface area contributed by atoms with Crippen molar-refractivity contribution in [1.82, 2.24) is 0 Å². The van der Waals surface area contributed by atoms with Gasteiger partial charge in [0.25, 0.3) is 0 Å². The number of ether oxygens (including phenoxy) is 1. The van der Waals surface area contributed by atoms with Gasteiger partial charge in [-0.05, 0) is 24.4 Å². The summed E-state index contributed by atoms with van der Waals surface area (Å²) in [5.74, 6) is -1.63. The maximum absolute atomic E-state index is 12.3.